The first-order valence-electron chi connectivity index (χ1n) is 3.46. The highest BCUT2D eigenvalue weighted by molar-refractivity contribution is 7.08. The molecular weight excluding hydrogens is 174 g/mol. The number of imide groups is 1. The zero-order valence-electron chi connectivity index (χ0n) is 6.90. The normalized spacial score (nSPS) is 9.50. The van der Waals surface area contributed by atoms with Gasteiger partial charge in [0.15, 0.2) is 0 Å². The minimum atomic E-state index is -0.249. The molecule has 0 spiro atoms. The molecule has 2 amide bonds. The van der Waals surface area contributed by atoms with E-state index in [4.69, 9.17) is 0 Å². The Labute approximate surface area is 74.6 Å². The Morgan fingerprint density at radius 2 is 1.92 bits per heavy atom. The third-order valence-corrected chi connectivity index (χ3v) is 2.06. The molecule has 0 unspecified atom stereocenters. The third kappa shape index (κ3) is 1.71. The molecule has 0 aromatic carbocycles. The van der Waals surface area contributed by atoms with Gasteiger partial charge in [-0.15, -0.1) is 0 Å². The average molecular weight is 183 g/mol. The third-order valence-electron chi connectivity index (χ3n) is 1.39. The lowest BCUT2D eigenvalue weighted by Crippen LogP contribution is -2.32. The summed E-state index contributed by atoms with van der Waals surface area (Å²) in [5.41, 5.74) is 0.653. The first-order valence-corrected chi connectivity index (χ1v) is 4.40. The largest absolute Gasteiger partial charge is 0.274 e. The van der Waals surface area contributed by atoms with Crippen molar-refractivity contribution in [3.8, 4) is 0 Å². The van der Waals surface area contributed by atoms with E-state index in [0.29, 0.717) is 5.69 Å². The summed E-state index contributed by atoms with van der Waals surface area (Å²) < 4.78 is 0. The second-order valence-corrected chi connectivity index (χ2v) is 3.14. The molecule has 1 rings (SSSR count). The summed E-state index contributed by atoms with van der Waals surface area (Å²) in [4.78, 5) is 23.1. The van der Waals surface area contributed by atoms with Crippen molar-refractivity contribution in [3.63, 3.8) is 0 Å². The van der Waals surface area contributed by atoms with Gasteiger partial charge in [0.2, 0.25) is 11.8 Å². The first kappa shape index (κ1) is 8.93. The Bertz CT molecular complexity index is 278. The number of hydrogen-bond donors (Lipinski definition) is 0. The summed E-state index contributed by atoms with van der Waals surface area (Å²) in [5.74, 6) is -0.498. The standard InChI is InChI=1S/C8H9NO2S/c1-6(10)9(7(2)11)8-3-4-12-5-8/h3-5H,1-2H3. The molecule has 1 aromatic rings. The first-order chi connectivity index (χ1) is 5.63. The van der Waals surface area contributed by atoms with Crippen LogP contribution in [0.25, 0.3) is 0 Å². The molecule has 0 aliphatic heterocycles. The number of nitrogens with zero attached hydrogens (tertiary/aromatic N) is 1. The molecule has 0 bridgehead atoms. The number of amides is 2. The van der Waals surface area contributed by atoms with E-state index in [1.54, 1.807) is 11.4 Å². The van der Waals surface area contributed by atoms with Gasteiger partial charge in [0, 0.05) is 19.2 Å². The van der Waals surface area contributed by atoms with Gasteiger partial charge in [-0.25, -0.2) is 0 Å². The zero-order valence-corrected chi connectivity index (χ0v) is 7.72. The summed E-state index contributed by atoms with van der Waals surface area (Å²) in [6, 6.07) is 1.74. The Hall–Kier alpha value is -1.16. The Morgan fingerprint density at radius 1 is 1.33 bits per heavy atom. The summed E-state index contributed by atoms with van der Waals surface area (Å²) in [7, 11) is 0. The Balaban J connectivity index is 2.96. The molecule has 0 N–H and O–H groups in total. The predicted molar refractivity (Wildman–Crippen MR) is 48.2 cm³/mol. The van der Waals surface area contributed by atoms with Crippen LogP contribution in [0, 0.1) is 0 Å². The lowest BCUT2D eigenvalue weighted by molar-refractivity contribution is -0.124. The van der Waals surface area contributed by atoms with Crippen molar-refractivity contribution in [2.45, 2.75) is 13.8 Å². The van der Waals surface area contributed by atoms with Gasteiger partial charge in [-0.3, -0.25) is 14.5 Å². The molecule has 3 nitrogen and oxygen atoms in total. The van der Waals surface area contributed by atoms with Gasteiger partial charge < -0.3 is 0 Å². The fourth-order valence-corrected chi connectivity index (χ4v) is 1.59. The van der Waals surface area contributed by atoms with Gasteiger partial charge >= 0.3 is 0 Å². The summed E-state index contributed by atoms with van der Waals surface area (Å²) >= 11 is 1.46. The van der Waals surface area contributed by atoms with E-state index < -0.39 is 0 Å². The molecule has 0 radical (unpaired) electrons. The van der Waals surface area contributed by atoms with Gasteiger partial charge in [0.05, 0.1) is 5.69 Å². The van der Waals surface area contributed by atoms with Crippen LogP contribution in [0.1, 0.15) is 13.8 Å². The lowest BCUT2D eigenvalue weighted by Gasteiger charge is -2.14. The van der Waals surface area contributed by atoms with Crippen molar-refractivity contribution < 1.29 is 9.59 Å². The highest BCUT2D eigenvalue weighted by Gasteiger charge is 2.15. The van der Waals surface area contributed by atoms with Crippen molar-refractivity contribution >= 4 is 28.8 Å². The van der Waals surface area contributed by atoms with E-state index in [2.05, 4.69) is 0 Å². The molecule has 0 fully saturated rings. The molecule has 0 aliphatic carbocycles. The van der Waals surface area contributed by atoms with E-state index in [-0.39, 0.29) is 11.8 Å². The van der Waals surface area contributed by atoms with Crippen LogP contribution in [-0.4, -0.2) is 11.8 Å². The molecular formula is C8H9NO2S. The monoisotopic (exact) mass is 183 g/mol. The van der Waals surface area contributed by atoms with Crippen LogP contribution < -0.4 is 4.90 Å². The maximum absolute atomic E-state index is 11.0. The Morgan fingerprint density at radius 3 is 2.25 bits per heavy atom. The molecule has 0 saturated heterocycles. The van der Waals surface area contributed by atoms with Gasteiger partial charge in [-0.2, -0.15) is 11.3 Å². The molecule has 1 heterocycles. The number of rotatable bonds is 1. The topological polar surface area (TPSA) is 37.4 Å². The maximum atomic E-state index is 11.0. The van der Waals surface area contributed by atoms with Crippen molar-refractivity contribution in [2.75, 3.05) is 4.90 Å². The summed E-state index contributed by atoms with van der Waals surface area (Å²) in [5, 5.41) is 3.59. The van der Waals surface area contributed by atoms with Crippen molar-refractivity contribution in [1.29, 1.82) is 0 Å². The van der Waals surface area contributed by atoms with Crippen LogP contribution in [0.5, 0.6) is 0 Å². The SMILES string of the molecule is CC(=O)N(C(C)=O)c1ccsc1. The molecule has 1 aromatic heterocycles. The van der Waals surface area contributed by atoms with E-state index >= 15 is 0 Å². The molecule has 0 aliphatic rings. The van der Waals surface area contributed by atoms with Crippen LogP contribution >= 0.6 is 11.3 Å². The van der Waals surface area contributed by atoms with Crippen LogP contribution in [0.4, 0.5) is 5.69 Å². The molecule has 0 saturated carbocycles. The van der Waals surface area contributed by atoms with Gasteiger partial charge in [-0.1, -0.05) is 0 Å². The van der Waals surface area contributed by atoms with Crippen LogP contribution in [-0.2, 0) is 9.59 Å². The van der Waals surface area contributed by atoms with Crippen molar-refractivity contribution in [1.82, 2.24) is 0 Å². The smallest absolute Gasteiger partial charge is 0.230 e. The second kappa shape index (κ2) is 3.49. The highest BCUT2D eigenvalue weighted by atomic mass is 32.1. The van der Waals surface area contributed by atoms with E-state index in [0.717, 1.165) is 4.90 Å². The average Bonchev–Trinajstić information content (AvgIpc) is 2.37. The van der Waals surface area contributed by atoms with E-state index in [1.807, 2.05) is 5.38 Å². The van der Waals surface area contributed by atoms with Crippen LogP contribution in [0.2, 0.25) is 0 Å². The summed E-state index contributed by atoms with van der Waals surface area (Å²) in [6.07, 6.45) is 0. The van der Waals surface area contributed by atoms with E-state index in [9.17, 15) is 9.59 Å². The molecule has 4 heteroatoms. The van der Waals surface area contributed by atoms with Crippen LogP contribution in [0.3, 0.4) is 0 Å². The number of anilines is 1. The predicted octanol–water partition coefficient (Wildman–Crippen LogP) is 1.65. The van der Waals surface area contributed by atoms with E-state index in [1.165, 1.54) is 25.2 Å². The van der Waals surface area contributed by atoms with Gasteiger partial charge in [-0.05, 0) is 11.4 Å². The number of carbonyl (C=O) groups excluding carboxylic acids is 2. The molecule has 64 valence electrons. The highest BCUT2D eigenvalue weighted by Crippen LogP contribution is 2.18. The van der Waals surface area contributed by atoms with Gasteiger partial charge in [0.25, 0.3) is 0 Å². The minimum absolute atomic E-state index is 0.249. The molecule has 12 heavy (non-hydrogen) atoms. The number of thiophene rings is 1. The van der Waals surface area contributed by atoms with Crippen molar-refractivity contribution in [3.05, 3.63) is 16.8 Å². The summed E-state index contributed by atoms with van der Waals surface area (Å²) in [6.45, 7) is 2.75. The minimum Gasteiger partial charge on any atom is -0.274 e. The lowest BCUT2D eigenvalue weighted by atomic mass is 10.4. The van der Waals surface area contributed by atoms with Gasteiger partial charge in [0.1, 0.15) is 0 Å². The number of carbonyl (C=O) groups is 2. The second-order valence-electron chi connectivity index (χ2n) is 2.35. The maximum Gasteiger partial charge on any atom is 0.230 e. The fourth-order valence-electron chi connectivity index (χ4n) is 0.970. The molecule has 0 atom stereocenters. The van der Waals surface area contributed by atoms with Crippen molar-refractivity contribution in [2.24, 2.45) is 0 Å². The fraction of sp³-hybridized carbons (Fsp3) is 0.250. The van der Waals surface area contributed by atoms with Crippen LogP contribution in [0.15, 0.2) is 16.8 Å². The Kier molecular flexibility index (Phi) is 2.60. The number of hydrogen-bond acceptors (Lipinski definition) is 3. The zero-order chi connectivity index (χ0) is 9.14. The quantitative estimate of drug-likeness (QED) is 0.663.